The van der Waals surface area contributed by atoms with Gasteiger partial charge in [0.25, 0.3) is 6.43 Å². The number of aromatic nitrogens is 2. The molecule has 0 amide bonds. The number of imidazole rings is 1. The molecule has 0 aliphatic rings. The second kappa shape index (κ2) is 3.34. The van der Waals surface area contributed by atoms with E-state index in [2.05, 4.69) is 4.98 Å². The normalized spacial score (nSPS) is 11.4. The number of halogens is 2. The van der Waals surface area contributed by atoms with E-state index in [-0.39, 0.29) is 12.2 Å². The number of nitrogens with two attached hydrogens (primary N) is 1. The molecule has 0 aliphatic heterocycles. The summed E-state index contributed by atoms with van der Waals surface area (Å²) in [7, 11) is 0. The molecule has 0 saturated carbocycles. The first-order chi connectivity index (χ1) is 6.74. The van der Waals surface area contributed by atoms with E-state index in [4.69, 9.17) is 5.73 Å². The van der Waals surface area contributed by atoms with Crippen molar-refractivity contribution in [2.75, 3.05) is 0 Å². The lowest BCUT2D eigenvalue weighted by Gasteiger charge is -1.96. The van der Waals surface area contributed by atoms with Crippen molar-refractivity contribution >= 4 is 5.52 Å². The molecule has 0 atom stereocenters. The highest BCUT2D eigenvalue weighted by atomic mass is 19.3. The Bertz CT molecular complexity index is 450. The highest BCUT2D eigenvalue weighted by Crippen LogP contribution is 2.23. The van der Waals surface area contributed by atoms with Gasteiger partial charge >= 0.3 is 0 Å². The Morgan fingerprint density at radius 2 is 2.21 bits per heavy atom. The second-order valence-corrected chi connectivity index (χ2v) is 2.87. The zero-order valence-electron chi connectivity index (χ0n) is 7.32. The summed E-state index contributed by atoms with van der Waals surface area (Å²) in [5.74, 6) is 0.455. The molecule has 0 saturated heterocycles. The smallest absolute Gasteiger partial charge is 0.282 e. The van der Waals surface area contributed by atoms with Crippen molar-refractivity contribution in [3.05, 3.63) is 35.9 Å². The van der Waals surface area contributed by atoms with Gasteiger partial charge in [-0.05, 0) is 12.1 Å². The van der Waals surface area contributed by atoms with Crippen molar-refractivity contribution in [3.63, 3.8) is 0 Å². The summed E-state index contributed by atoms with van der Waals surface area (Å²) >= 11 is 0. The minimum atomic E-state index is -2.56. The first-order valence-electron chi connectivity index (χ1n) is 4.18. The molecule has 3 nitrogen and oxygen atoms in total. The van der Waals surface area contributed by atoms with Crippen molar-refractivity contribution in [1.82, 2.24) is 9.38 Å². The van der Waals surface area contributed by atoms with Gasteiger partial charge in [-0.3, -0.25) is 0 Å². The van der Waals surface area contributed by atoms with Crippen LogP contribution in [-0.4, -0.2) is 9.38 Å². The predicted molar refractivity (Wildman–Crippen MR) is 48.0 cm³/mol. The van der Waals surface area contributed by atoms with Crippen LogP contribution in [-0.2, 0) is 6.54 Å². The average Bonchev–Trinajstić information content (AvgIpc) is 2.56. The minimum Gasteiger partial charge on any atom is -0.324 e. The molecule has 2 aromatic heterocycles. The summed E-state index contributed by atoms with van der Waals surface area (Å²) in [6.45, 7) is 0.151. The summed E-state index contributed by atoms with van der Waals surface area (Å²) in [6.07, 6.45) is -0.885. The van der Waals surface area contributed by atoms with E-state index in [1.807, 2.05) is 0 Å². The number of fused-ring (bicyclic) bond motifs is 1. The van der Waals surface area contributed by atoms with Crippen molar-refractivity contribution < 1.29 is 8.78 Å². The first-order valence-corrected chi connectivity index (χ1v) is 4.18. The molecular formula is C9H9F2N3. The topological polar surface area (TPSA) is 43.3 Å². The summed E-state index contributed by atoms with van der Waals surface area (Å²) in [4.78, 5) is 3.80. The van der Waals surface area contributed by atoms with Crippen LogP contribution in [0.25, 0.3) is 5.52 Å². The molecule has 2 aromatic rings. The van der Waals surface area contributed by atoms with Crippen molar-refractivity contribution in [1.29, 1.82) is 0 Å². The van der Waals surface area contributed by atoms with Gasteiger partial charge in [-0.1, -0.05) is 6.07 Å². The molecule has 0 radical (unpaired) electrons. The lowest BCUT2D eigenvalue weighted by atomic mass is 10.3. The van der Waals surface area contributed by atoms with Crippen LogP contribution < -0.4 is 5.73 Å². The zero-order chi connectivity index (χ0) is 10.1. The van der Waals surface area contributed by atoms with E-state index in [9.17, 15) is 8.78 Å². The van der Waals surface area contributed by atoms with Crippen molar-refractivity contribution in [2.45, 2.75) is 13.0 Å². The van der Waals surface area contributed by atoms with Crippen LogP contribution in [0.2, 0.25) is 0 Å². The molecular weight excluding hydrogens is 188 g/mol. The number of pyridine rings is 1. The molecule has 0 fully saturated rings. The molecule has 0 bridgehead atoms. The molecule has 2 heterocycles. The fourth-order valence-electron chi connectivity index (χ4n) is 1.43. The summed E-state index contributed by atoms with van der Waals surface area (Å²) in [6, 6.07) is 5.06. The van der Waals surface area contributed by atoms with E-state index in [1.54, 1.807) is 28.8 Å². The van der Waals surface area contributed by atoms with Gasteiger partial charge in [-0.15, -0.1) is 0 Å². The van der Waals surface area contributed by atoms with E-state index in [0.717, 1.165) is 0 Å². The minimum absolute atomic E-state index is 0.151. The van der Waals surface area contributed by atoms with Gasteiger partial charge in [-0.25, -0.2) is 13.8 Å². The first kappa shape index (κ1) is 9.08. The molecule has 0 spiro atoms. The Morgan fingerprint density at radius 1 is 1.43 bits per heavy atom. The molecule has 74 valence electrons. The Balaban J connectivity index is 2.73. The van der Waals surface area contributed by atoms with E-state index < -0.39 is 6.43 Å². The highest BCUT2D eigenvalue weighted by molar-refractivity contribution is 5.53. The fraction of sp³-hybridized carbons (Fsp3) is 0.222. The van der Waals surface area contributed by atoms with Gasteiger partial charge < -0.3 is 10.1 Å². The van der Waals surface area contributed by atoms with Crippen LogP contribution in [0.3, 0.4) is 0 Å². The third-order valence-electron chi connectivity index (χ3n) is 2.04. The third kappa shape index (κ3) is 1.26. The Labute approximate surface area is 79.2 Å². The van der Waals surface area contributed by atoms with Gasteiger partial charge in [0, 0.05) is 6.20 Å². The fourth-order valence-corrected chi connectivity index (χ4v) is 1.43. The quantitative estimate of drug-likeness (QED) is 0.796. The summed E-state index contributed by atoms with van der Waals surface area (Å²) < 4.78 is 26.6. The Morgan fingerprint density at radius 3 is 2.86 bits per heavy atom. The van der Waals surface area contributed by atoms with Gasteiger partial charge in [0.05, 0.1) is 12.1 Å². The molecule has 0 unspecified atom stereocenters. The number of alkyl halides is 2. The lowest BCUT2D eigenvalue weighted by Crippen LogP contribution is -2.01. The third-order valence-corrected chi connectivity index (χ3v) is 2.04. The van der Waals surface area contributed by atoms with Crippen LogP contribution in [0.5, 0.6) is 0 Å². The average molecular weight is 197 g/mol. The Hall–Kier alpha value is -1.49. The van der Waals surface area contributed by atoms with Crippen LogP contribution in [0, 0.1) is 0 Å². The van der Waals surface area contributed by atoms with Gasteiger partial charge in [-0.2, -0.15) is 0 Å². The van der Waals surface area contributed by atoms with E-state index >= 15 is 0 Å². The second-order valence-electron chi connectivity index (χ2n) is 2.87. The van der Waals surface area contributed by atoms with Crippen LogP contribution >= 0.6 is 0 Å². The molecule has 5 heteroatoms. The SMILES string of the molecule is NCc1nc(C(F)F)c2ccccn12. The zero-order valence-corrected chi connectivity index (χ0v) is 7.32. The number of hydrogen-bond donors (Lipinski definition) is 1. The van der Waals surface area contributed by atoms with Gasteiger partial charge in [0.2, 0.25) is 0 Å². The molecule has 0 aromatic carbocycles. The van der Waals surface area contributed by atoms with Crippen LogP contribution in [0.4, 0.5) is 8.78 Å². The monoisotopic (exact) mass is 197 g/mol. The Kier molecular flexibility index (Phi) is 2.17. The van der Waals surface area contributed by atoms with Crippen molar-refractivity contribution in [3.8, 4) is 0 Å². The molecule has 14 heavy (non-hydrogen) atoms. The number of nitrogens with zero attached hydrogens (tertiary/aromatic N) is 2. The van der Waals surface area contributed by atoms with E-state index in [1.165, 1.54) is 0 Å². The van der Waals surface area contributed by atoms with Crippen molar-refractivity contribution in [2.24, 2.45) is 5.73 Å². The maximum atomic E-state index is 12.5. The lowest BCUT2D eigenvalue weighted by molar-refractivity contribution is 0.148. The van der Waals surface area contributed by atoms with Crippen LogP contribution in [0.1, 0.15) is 17.9 Å². The van der Waals surface area contributed by atoms with Gasteiger partial charge in [0.1, 0.15) is 11.5 Å². The van der Waals surface area contributed by atoms with E-state index in [0.29, 0.717) is 11.3 Å². The predicted octanol–water partition coefficient (Wildman–Crippen LogP) is 1.73. The summed E-state index contributed by atoms with van der Waals surface area (Å²) in [5.41, 5.74) is 5.62. The summed E-state index contributed by atoms with van der Waals surface area (Å²) in [5, 5.41) is 0. The molecule has 0 aliphatic carbocycles. The maximum Gasteiger partial charge on any atom is 0.282 e. The van der Waals surface area contributed by atoms with Gasteiger partial charge in [0.15, 0.2) is 0 Å². The number of rotatable bonds is 2. The number of hydrogen-bond acceptors (Lipinski definition) is 2. The largest absolute Gasteiger partial charge is 0.324 e. The standard InChI is InChI=1S/C9H9F2N3/c10-9(11)8-6-3-1-2-4-14(6)7(5-12)13-8/h1-4,9H,5,12H2. The van der Waals surface area contributed by atoms with Crippen LogP contribution in [0.15, 0.2) is 24.4 Å². The highest BCUT2D eigenvalue weighted by Gasteiger charge is 2.17. The molecule has 2 N–H and O–H groups in total. The maximum absolute atomic E-state index is 12.5. The molecule has 2 rings (SSSR count).